The van der Waals surface area contributed by atoms with Crippen LogP contribution in [0.5, 0.6) is 23.8 Å². The minimum Gasteiger partial charge on any atom is -0.405 e. The van der Waals surface area contributed by atoms with E-state index in [4.69, 9.17) is 9.47 Å². The largest absolute Gasteiger partial charge is 0.405 e. The molecule has 0 spiro atoms. The predicted octanol–water partition coefficient (Wildman–Crippen LogP) is 3.31. The molecule has 8 nitrogen and oxygen atoms in total. The van der Waals surface area contributed by atoms with Crippen LogP contribution in [0.2, 0.25) is 0 Å². The van der Waals surface area contributed by atoms with E-state index in [1.807, 2.05) is 12.1 Å². The molecular formula is C18H12N6O2. The lowest BCUT2D eigenvalue weighted by atomic mass is 10.1. The highest BCUT2D eigenvalue weighted by molar-refractivity contribution is 5.64. The molecule has 0 fully saturated rings. The van der Waals surface area contributed by atoms with Crippen LogP contribution in [0.15, 0.2) is 73.6 Å². The Balaban J connectivity index is 1.57. The van der Waals surface area contributed by atoms with Gasteiger partial charge in [0.2, 0.25) is 11.8 Å². The van der Waals surface area contributed by atoms with Gasteiger partial charge in [0.15, 0.2) is 0 Å². The lowest BCUT2D eigenvalue weighted by molar-refractivity contribution is 0.424. The lowest BCUT2D eigenvalue weighted by Crippen LogP contribution is -1.94. The lowest BCUT2D eigenvalue weighted by Gasteiger charge is -2.07. The van der Waals surface area contributed by atoms with Crippen molar-refractivity contribution < 1.29 is 9.47 Å². The third kappa shape index (κ3) is 3.75. The summed E-state index contributed by atoms with van der Waals surface area (Å²) in [6, 6.07) is 11.2. The second kappa shape index (κ2) is 7.31. The summed E-state index contributed by atoms with van der Waals surface area (Å²) >= 11 is 0. The highest BCUT2D eigenvalue weighted by Gasteiger charge is 2.07. The summed E-state index contributed by atoms with van der Waals surface area (Å²) < 4.78 is 11.1. The number of ether oxygens (including phenoxy) is 2. The molecule has 4 aromatic heterocycles. The van der Waals surface area contributed by atoms with Crippen LogP contribution in [0.4, 0.5) is 0 Å². The fourth-order valence-electron chi connectivity index (χ4n) is 2.15. The molecule has 0 bridgehead atoms. The molecule has 0 aromatic carbocycles. The normalized spacial score (nSPS) is 10.3. The van der Waals surface area contributed by atoms with Gasteiger partial charge in [-0.15, -0.1) is 0 Å². The maximum absolute atomic E-state index is 5.57. The first kappa shape index (κ1) is 15.6. The van der Waals surface area contributed by atoms with Crippen molar-refractivity contribution in [2.75, 3.05) is 0 Å². The van der Waals surface area contributed by atoms with Gasteiger partial charge in [0.25, 0.3) is 0 Å². The summed E-state index contributed by atoms with van der Waals surface area (Å²) in [4.78, 5) is 24.4. The minimum absolute atomic E-state index is 0.233. The number of hydrogen-bond donors (Lipinski definition) is 0. The van der Waals surface area contributed by atoms with Crippen LogP contribution >= 0.6 is 0 Å². The first-order chi connectivity index (χ1) is 12.9. The summed E-state index contributed by atoms with van der Waals surface area (Å²) in [5, 5.41) is 0. The predicted molar refractivity (Wildman–Crippen MR) is 91.7 cm³/mol. The maximum atomic E-state index is 5.57. The summed E-state index contributed by atoms with van der Waals surface area (Å²) in [5.41, 5.74) is 1.76. The summed E-state index contributed by atoms with van der Waals surface area (Å²) in [7, 11) is 0. The second-order valence-corrected chi connectivity index (χ2v) is 5.03. The molecule has 0 aliphatic carbocycles. The molecule has 0 aliphatic rings. The maximum Gasteiger partial charge on any atom is 0.323 e. The van der Waals surface area contributed by atoms with Gasteiger partial charge in [0.05, 0.1) is 0 Å². The average molecular weight is 344 g/mol. The van der Waals surface area contributed by atoms with Gasteiger partial charge in [-0.3, -0.25) is 0 Å². The first-order valence-electron chi connectivity index (χ1n) is 7.69. The SMILES string of the molecule is c1cnc(Oc2cc(-c3ccnc(Oc4ncccn4)c3)ccn2)nc1. The average Bonchev–Trinajstić information content (AvgIpc) is 2.70. The fourth-order valence-corrected chi connectivity index (χ4v) is 2.15. The molecule has 0 N–H and O–H groups in total. The molecule has 26 heavy (non-hydrogen) atoms. The molecule has 0 radical (unpaired) electrons. The van der Waals surface area contributed by atoms with E-state index < -0.39 is 0 Å². The Kier molecular flexibility index (Phi) is 4.38. The summed E-state index contributed by atoms with van der Waals surface area (Å²) in [6.45, 7) is 0. The highest BCUT2D eigenvalue weighted by Crippen LogP contribution is 2.26. The Morgan fingerprint density at radius 2 is 0.923 bits per heavy atom. The smallest absolute Gasteiger partial charge is 0.323 e. The first-order valence-corrected chi connectivity index (χ1v) is 7.69. The molecule has 0 saturated heterocycles. The zero-order valence-electron chi connectivity index (χ0n) is 13.4. The molecule has 0 atom stereocenters. The van der Waals surface area contributed by atoms with Gasteiger partial charge in [-0.25, -0.2) is 29.9 Å². The zero-order chi connectivity index (χ0) is 17.6. The molecule has 4 aromatic rings. The number of hydrogen-bond acceptors (Lipinski definition) is 8. The molecule has 4 rings (SSSR count). The van der Waals surface area contributed by atoms with Crippen LogP contribution in [0.1, 0.15) is 0 Å². The van der Waals surface area contributed by atoms with Crippen LogP contribution in [0.3, 0.4) is 0 Å². The Bertz CT molecular complexity index is 915. The zero-order valence-corrected chi connectivity index (χ0v) is 13.4. The van der Waals surface area contributed by atoms with E-state index in [2.05, 4.69) is 29.9 Å². The molecule has 0 unspecified atom stereocenters. The van der Waals surface area contributed by atoms with E-state index >= 15 is 0 Å². The van der Waals surface area contributed by atoms with Gasteiger partial charge in [-0.05, 0) is 35.4 Å². The number of rotatable bonds is 5. The van der Waals surface area contributed by atoms with Crippen molar-refractivity contribution in [2.45, 2.75) is 0 Å². The van der Waals surface area contributed by atoms with Gasteiger partial charge < -0.3 is 9.47 Å². The highest BCUT2D eigenvalue weighted by atomic mass is 16.5. The van der Waals surface area contributed by atoms with Gasteiger partial charge in [-0.1, -0.05) is 0 Å². The van der Waals surface area contributed by atoms with Crippen LogP contribution < -0.4 is 9.47 Å². The van der Waals surface area contributed by atoms with Crippen LogP contribution in [0, 0.1) is 0 Å². The standard InChI is InChI=1S/C18H12N6O2/c1-5-21-17(22-6-1)25-15-11-13(3-9-19-15)14-4-10-20-16(12-14)26-18-23-7-2-8-24-18/h1-12H. The van der Waals surface area contributed by atoms with E-state index in [1.54, 1.807) is 61.4 Å². The quantitative estimate of drug-likeness (QED) is 0.544. The van der Waals surface area contributed by atoms with E-state index in [9.17, 15) is 0 Å². The molecule has 4 heterocycles. The molecular weight excluding hydrogens is 332 g/mol. The van der Waals surface area contributed by atoms with Crippen LogP contribution in [0.25, 0.3) is 11.1 Å². The molecule has 126 valence electrons. The van der Waals surface area contributed by atoms with Crippen molar-refractivity contribution in [3.63, 3.8) is 0 Å². The topological polar surface area (TPSA) is 95.8 Å². The van der Waals surface area contributed by atoms with Crippen molar-refractivity contribution in [2.24, 2.45) is 0 Å². The third-order valence-corrected chi connectivity index (χ3v) is 3.28. The van der Waals surface area contributed by atoms with Crippen LogP contribution in [-0.4, -0.2) is 29.9 Å². The van der Waals surface area contributed by atoms with E-state index in [1.165, 1.54) is 0 Å². The monoisotopic (exact) mass is 344 g/mol. The number of aromatic nitrogens is 6. The fraction of sp³-hybridized carbons (Fsp3) is 0. The summed E-state index contributed by atoms with van der Waals surface area (Å²) in [6.07, 6.45) is 9.70. The van der Waals surface area contributed by atoms with E-state index in [-0.39, 0.29) is 12.0 Å². The van der Waals surface area contributed by atoms with Crippen molar-refractivity contribution in [1.29, 1.82) is 0 Å². The van der Waals surface area contributed by atoms with Crippen LogP contribution in [-0.2, 0) is 0 Å². The Morgan fingerprint density at radius 3 is 1.35 bits per heavy atom. The number of pyridine rings is 2. The van der Waals surface area contributed by atoms with Crippen molar-refractivity contribution in [3.05, 3.63) is 73.6 Å². The minimum atomic E-state index is 0.233. The van der Waals surface area contributed by atoms with Crippen molar-refractivity contribution in [1.82, 2.24) is 29.9 Å². The van der Waals surface area contributed by atoms with E-state index in [0.29, 0.717) is 11.8 Å². The Labute approximate surface area is 148 Å². The van der Waals surface area contributed by atoms with Crippen molar-refractivity contribution >= 4 is 0 Å². The van der Waals surface area contributed by atoms with Gasteiger partial charge in [0, 0.05) is 49.3 Å². The molecule has 0 aliphatic heterocycles. The van der Waals surface area contributed by atoms with Gasteiger partial charge in [0.1, 0.15) is 0 Å². The Hall–Kier alpha value is -3.94. The number of nitrogens with zero attached hydrogens (tertiary/aromatic N) is 6. The molecule has 0 amide bonds. The van der Waals surface area contributed by atoms with Crippen molar-refractivity contribution in [3.8, 4) is 34.9 Å². The molecule has 8 heteroatoms. The summed E-state index contributed by atoms with van der Waals surface area (Å²) in [5.74, 6) is 0.777. The third-order valence-electron chi connectivity index (χ3n) is 3.28. The van der Waals surface area contributed by atoms with Gasteiger partial charge >= 0.3 is 12.0 Å². The second-order valence-electron chi connectivity index (χ2n) is 5.03. The van der Waals surface area contributed by atoms with Gasteiger partial charge in [-0.2, -0.15) is 0 Å². The Morgan fingerprint density at radius 1 is 0.500 bits per heavy atom. The molecule has 0 saturated carbocycles. The van der Waals surface area contributed by atoms with E-state index in [0.717, 1.165) is 11.1 Å².